The van der Waals surface area contributed by atoms with E-state index < -0.39 is 0 Å². The summed E-state index contributed by atoms with van der Waals surface area (Å²) in [5, 5.41) is 8.34. The molecule has 102 valence electrons. The first kappa shape index (κ1) is 11.9. The van der Waals surface area contributed by atoms with E-state index in [1.165, 1.54) is 42.7 Å². The zero-order chi connectivity index (χ0) is 12.8. The highest BCUT2D eigenvalue weighted by atomic mass is 32.1. The first-order chi connectivity index (χ1) is 9.31. The van der Waals surface area contributed by atoms with Gasteiger partial charge in [0.05, 0.1) is 5.69 Å². The van der Waals surface area contributed by atoms with Crippen LogP contribution in [0.25, 0.3) is 4.96 Å². The van der Waals surface area contributed by atoms with E-state index in [9.17, 15) is 0 Å². The lowest BCUT2D eigenvalue weighted by Gasteiger charge is -2.20. The Hall–Kier alpha value is -0.940. The van der Waals surface area contributed by atoms with E-state index in [2.05, 4.69) is 16.8 Å². The topological polar surface area (TPSA) is 42.2 Å². The summed E-state index contributed by atoms with van der Waals surface area (Å²) in [6, 6.07) is 0.549. The summed E-state index contributed by atoms with van der Waals surface area (Å²) in [7, 11) is 0. The Morgan fingerprint density at radius 3 is 2.95 bits per heavy atom. The van der Waals surface area contributed by atoms with Gasteiger partial charge >= 0.3 is 0 Å². The minimum Gasteiger partial charge on any atom is -0.309 e. The molecule has 4 rings (SSSR count). The van der Waals surface area contributed by atoms with Crippen LogP contribution in [-0.2, 0) is 13.0 Å². The van der Waals surface area contributed by atoms with Gasteiger partial charge in [-0.15, -0.1) is 0 Å². The quantitative estimate of drug-likeness (QED) is 0.871. The van der Waals surface area contributed by atoms with E-state index in [4.69, 9.17) is 10.1 Å². The smallest absolute Gasteiger partial charge is 0.212 e. The number of hydrogen-bond acceptors (Lipinski definition) is 4. The van der Waals surface area contributed by atoms with Crippen LogP contribution < -0.4 is 5.32 Å². The molecule has 3 heterocycles. The Bertz CT molecular complexity index is 594. The highest BCUT2D eigenvalue weighted by Crippen LogP contribution is 2.33. The molecule has 5 heteroatoms. The number of hydrogen-bond donors (Lipinski definition) is 1. The monoisotopic (exact) mass is 276 g/mol. The highest BCUT2D eigenvalue weighted by molar-refractivity contribution is 7.17. The molecule has 0 saturated heterocycles. The lowest BCUT2D eigenvalue weighted by molar-refractivity contribution is 0.428. The van der Waals surface area contributed by atoms with E-state index in [1.54, 1.807) is 0 Å². The minimum atomic E-state index is 0.549. The van der Waals surface area contributed by atoms with E-state index in [0.29, 0.717) is 12.0 Å². The van der Waals surface area contributed by atoms with Crippen LogP contribution in [0.1, 0.15) is 61.3 Å². The number of rotatable bonds is 1. The SMILES string of the molecule is CC1Cc2c(sc3nc(C4CCCCC4)nn23)CN1. The van der Waals surface area contributed by atoms with Crippen molar-refractivity contribution < 1.29 is 0 Å². The summed E-state index contributed by atoms with van der Waals surface area (Å²) in [5.74, 6) is 1.70. The lowest BCUT2D eigenvalue weighted by atomic mass is 9.89. The Morgan fingerprint density at radius 1 is 1.26 bits per heavy atom. The molecule has 2 aromatic rings. The zero-order valence-corrected chi connectivity index (χ0v) is 12.2. The molecule has 4 nitrogen and oxygen atoms in total. The van der Waals surface area contributed by atoms with Gasteiger partial charge in [0.25, 0.3) is 0 Å². The summed E-state index contributed by atoms with van der Waals surface area (Å²) in [5.41, 5.74) is 1.39. The molecule has 19 heavy (non-hydrogen) atoms. The van der Waals surface area contributed by atoms with E-state index in [0.717, 1.165) is 23.8 Å². The van der Waals surface area contributed by atoms with Crippen LogP contribution in [0.15, 0.2) is 0 Å². The average molecular weight is 276 g/mol. The molecule has 0 amide bonds. The molecule has 1 fully saturated rings. The number of fused-ring (bicyclic) bond motifs is 3. The Labute approximate surface area is 117 Å². The lowest BCUT2D eigenvalue weighted by Crippen LogP contribution is -2.32. The van der Waals surface area contributed by atoms with Crippen molar-refractivity contribution in [2.24, 2.45) is 0 Å². The van der Waals surface area contributed by atoms with E-state index in [1.807, 2.05) is 11.3 Å². The molecule has 0 spiro atoms. The molecular weight excluding hydrogens is 256 g/mol. The molecule has 2 aromatic heterocycles. The predicted molar refractivity (Wildman–Crippen MR) is 76.7 cm³/mol. The summed E-state index contributed by atoms with van der Waals surface area (Å²) in [6.45, 7) is 3.22. The van der Waals surface area contributed by atoms with Crippen molar-refractivity contribution in [3.8, 4) is 0 Å². The van der Waals surface area contributed by atoms with E-state index >= 15 is 0 Å². The minimum absolute atomic E-state index is 0.549. The van der Waals surface area contributed by atoms with Crippen LogP contribution in [0.5, 0.6) is 0 Å². The summed E-state index contributed by atoms with van der Waals surface area (Å²) < 4.78 is 2.13. The standard InChI is InChI=1S/C14H20N4S/c1-9-7-11-12(8-15-9)19-14-16-13(17-18(11)14)10-5-3-2-4-6-10/h9-10,15H,2-8H2,1H3. The Morgan fingerprint density at radius 2 is 2.11 bits per heavy atom. The van der Waals surface area contributed by atoms with Gasteiger partial charge in [-0.25, -0.2) is 9.50 Å². The van der Waals surface area contributed by atoms with E-state index in [-0.39, 0.29) is 0 Å². The third kappa shape index (κ3) is 1.99. The zero-order valence-electron chi connectivity index (χ0n) is 11.4. The van der Waals surface area contributed by atoms with Crippen LogP contribution in [-0.4, -0.2) is 20.6 Å². The van der Waals surface area contributed by atoms with Crippen LogP contribution in [0, 0.1) is 0 Å². The first-order valence-corrected chi connectivity index (χ1v) is 8.23. The second kappa shape index (κ2) is 4.56. The van der Waals surface area contributed by atoms with Gasteiger partial charge in [-0.05, 0) is 19.8 Å². The summed E-state index contributed by atoms with van der Waals surface area (Å²) in [4.78, 5) is 7.33. The molecule has 1 atom stereocenters. The number of nitrogens with one attached hydrogen (secondary N) is 1. The third-order valence-corrected chi connectivity index (χ3v) is 5.54. The third-order valence-electron chi connectivity index (χ3n) is 4.47. The number of aromatic nitrogens is 3. The Balaban J connectivity index is 1.72. The van der Waals surface area contributed by atoms with Gasteiger partial charge < -0.3 is 5.32 Å². The van der Waals surface area contributed by atoms with Gasteiger partial charge in [0.2, 0.25) is 4.96 Å². The Kier molecular flexibility index (Phi) is 2.84. The number of nitrogens with zero attached hydrogens (tertiary/aromatic N) is 3. The maximum atomic E-state index is 4.83. The first-order valence-electron chi connectivity index (χ1n) is 7.42. The van der Waals surface area contributed by atoms with Crippen molar-refractivity contribution in [1.82, 2.24) is 19.9 Å². The molecule has 1 N–H and O–H groups in total. The van der Waals surface area contributed by atoms with Crippen molar-refractivity contribution in [2.45, 2.75) is 64.0 Å². The molecule has 2 aliphatic rings. The normalized spacial score (nSPS) is 24.8. The molecule has 1 unspecified atom stereocenters. The fourth-order valence-electron chi connectivity index (χ4n) is 3.34. The fraction of sp³-hybridized carbons (Fsp3) is 0.714. The van der Waals surface area contributed by atoms with Gasteiger partial charge in [0.1, 0.15) is 0 Å². The van der Waals surface area contributed by atoms with Crippen LogP contribution in [0.4, 0.5) is 0 Å². The molecule has 1 aliphatic heterocycles. The predicted octanol–water partition coefficient (Wildman–Crippen LogP) is 2.87. The van der Waals surface area contributed by atoms with Gasteiger partial charge in [-0.1, -0.05) is 30.6 Å². The fourth-order valence-corrected chi connectivity index (χ4v) is 4.38. The number of thiazole rings is 1. The average Bonchev–Trinajstić information content (AvgIpc) is 2.98. The van der Waals surface area contributed by atoms with Crippen LogP contribution in [0.2, 0.25) is 0 Å². The molecule has 0 radical (unpaired) electrons. The van der Waals surface area contributed by atoms with Crippen molar-refractivity contribution in [3.63, 3.8) is 0 Å². The molecular formula is C14H20N4S. The largest absolute Gasteiger partial charge is 0.309 e. The molecule has 1 aliphatic carbocycles. The maximum Gasteiger partial charge on any atom is 0.212 e. The summed E-state index contributed by atoms with van der Waals surface area (Å²) >= 11 is 1.81. The van der Waals surface area contributed by atoms with Crippen LogP contribution >= 0.6 is 11.3 Å². The molecule has 0 aromatic carbocycles. The second-order valence-electron chi connectivity index (χ2n) is 5.96. The van der Waals surface area contributed by atoms with Gasteiger partial charge in [0.15, 0.2) is 5.82 Å². The second-order valence-corrected chi connectivity index (χ2v) is 7.02. The van der Waals surface area contributed by atoms with Gasteiger partial charge in [0, 0.05) is 29.8 Å². The maximum absolute atomic E-state index is 4.83. The highest BCUT2D eigenvalue weighted by Gasteiger charge is 2.25. The van der Waals surface area contributed by atoms with Crippen molar-refractivity contribution >= 4 is 16.3 Å². The van der Waals surface area contributed by atoms with Crippen molar-refractivity contribution in [3.05, 3.63) is 16.4 Å². The van der Waals surface area contributed by atoms with Gasteiger partial charge in [-0.3, -0.25) is 0 Å². The molecule has 0 bridgehead atoms. The van der Waals surface area contributed by atoms with Crippen molar-refractivity contribution in [2.75, 3.05) is 0 Å². The van der Waals surface area contributed by atoms with Gasteiger partial charge in [-0.2, -0.15) is 5.10 Å². The molecule has 1 saturated carbocycles. The van der Waals surface area contributed by atoms with Crippen molar-refractivity contribution in [1.29, 1.82) is 0 Å². The summed E-state index contributed by atoms with van der Waals surface area (Å²) in [6.07, 6.45) is 7.70. The van der Waals surface area contributed by atoms with Crippen LogP contribution in [0.3, 0.4) is 0 Å².